The van der Waals surface area contributed by atoms with Crippen molar-refractivity contribution in [1.82, 2.24) is 10.1 Å². The van der Waals surface area contributed by atoms with Gasteiger partial charge in [-0.05, 0) is 31.2 Å². The van der Waals surface area contributed by atoms with Gasteiger partial charge in [0, 0.05) is 30.5 Å². The van der Waals surface area contributed by atoms with Gasteiger partial charge in [-0.1, -0.05) is 16.8 Å². The van der Waals surface area contributed by atoms with Crippen molar-refractivity contribution in [2.24, 2.45) is 0 Å². The number of nitrogens with one attached hydrogen (secondary N) is 1. The molecule has 0 radical (unpaired) electrons. The summed E-state index contributed by atoms with van der Waals surface area (Å²) in [5, 5.41) is 7.13. The molecule has 1 amide bonds. The number of carbonyl (C=O) groups is 1. The first-order valence-corrected chi connectivity index (χ1v) is 9.95. The zero-order chi connectivity index (χ0) is 20.9. The van der Waals surface area contributed by atoms with E-state index in [1.54, 1.807) is 12.1 Å². The average Bonchev–Trinajstić information content (AvgIpc) is 3.23. The molecule has 0 atom stereocenters. The van der Waals surface area contributed by atoms with Gasteiger partial charge in [0.1, 0.15) is 19.0 Å². The Labute approximate surface area is 178 Å². The highest BCUT2D eigenvalue weighted by atomic mass is 35.5. The maximum absolute atomic E-state index is 12.3. The lowest BCUT2D eigenvalue weighted by Crippen LogP contribution is -2.17. The van der Waals surface area contributed by atoms with Crippen LogP contribution in [0, 0.1) is 0 Å². The van der Waals surface area contributed by atoms with Gasteiger partial charge in [-0.3, -0.25) is 4.79 Å². The molecule has 0 aliphatic carbocycles. The molecule has 9 heteroatoms. The summed E-state index contributed by atoms with van der Waals surface area (Å²) < 4.78 is 21.7. The molecule has 3 aromatic rings. The summed E-state index contributed by atoms with van der Waals surface area (Å²) in [7, 11) is 0. The number of hydrogen-bond acceptors (Lipinski definition) is 7. The summed E-state index contributed by atoms with van der Waals surface area (Å²) in [6.45, 7) is 3.45. The number of carbonyl (C=O) groups excluding carboxylic acids is 1. The van der Waals surface area contributed by atoms with Gasteiger partial charge in [-0.15, -0.1) is 0 Å². The van der Waals surface area contributed by atoms with Crippen LogP contribution in [0.4, 0.5) is 5.69 Å². The zero-order valence-corrected chi connectivity index (χ0v) is 17.1. The Kier molecular flexibility index (Phi) is 6.04. The number of benzene rings is 2. The van der Waals surface area contributed by atoms with Gasteiger partial charge < -0.3 is 24.1 Å². The van der Waals surface area contributed by atoms with Crippen LogP contribution < -0.4 is 19.5 Å². The van der Waals surface area contributed by atoms with Crippen LogP contribution in [0.5, 0.6) is 17.2 Å². The molecular weight excluding hydrogens is 410 g/mol. The van der Waals surface area contributed by atoms with E-state index in [0.717, 1.165) is 11.3 Å². The van der Waals surface area contributed by atoms with Gasteiger partial charge in [0.2, 0.25) is 17.6 Å². The van der Waals surface area contributed by atoms with Gasteiger partial charge in [0.05, 0.1) is 17.3 Å². The molecule has 0 spiro atoms. The monoisotopic (exact) mass is 429 g/mol. The third kappa shape index (κ3) is 4.65. The maximum atomic E-state index is 12.3. The predicted molar refractivity (Wildman–Crippen MR) is 110 cm³/mol. The van der Waals surface area contributed by atoms with E-state index < -0.39 is 0 Å². The summed E-state index contributed by atoms with van der Waals surface area (Å²) in [6, 6.07) is 10.7. The third-order valence-corrected chi connectivity index (χ3v) is 4.68. The minimum absolute atomic E-state index is 0.162. The van der Waals surface area contributed by atoms with E-state index in [1.165, 1.54) is 0 Å². The van der Waals surface area contributed by atoms with Crippen LogP contribution in [0.25, 0.3) is 11.4 Å². The minimum atomic E-state index is -0.227. The van der Waals surface area contributed by atoms with Crippen LogP contribution in [-0.4, -0.2) is 35.9 Å². The van der Waals surface area contributed by atoms with E-state index in [-0.39, 0.29) is 12.3 Å². The molecule has 8 nitrogen and oxygen atoms in total. The molecular formula is C21H20ClN3O5. The fourth-order valence-corrected chi connectivity index (χ4v) is 3.13. The molecule has 0 saturated carbocycles. The topological polar surface area (TPSA) is 95.7 Å². The molecule has 1 aliphatic heterocycles. The normalized spacial score (nSPS) is 12.5. The van der Waals surface area contributed by atoms with E-state index in [1.807, 2.05) is 31.2 Å². The Morgan fingerprint density at radius 2 is 1.90 bits per heavy atom. The maximum Gasteiger partial charge on any atom is 0.227 e. The number of nitrogens with zero attached hydrogens (tertiary/aromatic N) is 2. The molecule has 30 heavy (non-hydrogen) atoms. The smallest absolute Gasteiger partial charge is 0.227 e. The standard InChI is InChI=1S/C21H20ClN3O5/c1-2-27-14-5-3-13(4-6-14)21-24-20(30-25-21)8-7-19(26)23-16-12-18-17(11-15(16)22)28-9-10-29-18/h3-6,11-12H,2,7-10H2,1H3,(H,23,26). The molecule has 0 fully saturated rings. The number of aryl methyl sites for hydroxylation is 1. The van der Waals surface area contributed by atoms with E-state index in [2.05, 4.69) is 15.5 Å². The Morgan fingerprint density at radius 3 is 2.63 bits per heavy atom. The summed E-state index contributed by atoms with van der Waals surface area (Å²) in [4.78, 5) is 16.7. The molecule has 2 heterocycles. The van der Waals surface area contributed by atoms with Crippen molar-refractivity contribution in [3.8, 4) is 28.6 Å². The van der Waals surface area contributed by atoms with Crippen molar-refractivity contribution in [3.63, 3.8) is 0 Å². The van der Waals surface area contributed by atoms with Gasteiger partial charge in [-0.25, -0.2) is 0 Å². The summed E-state index contributed by atoms with van der Waals surface area (Å²) in [5.74, 6) is 2.51. The Bertz CT molecular complexity index is 1040. The first-order valence-electron chi connectivity index (χ1n) is 9.57. The first kappa shape index (κ1) is 20.0. The SMILES string of the molecule is CCOc1ccc(-c2noc(CCC(=O)Nc3cc4c(cc3Cl)OCCO4)n2)cc1. The lowest BCUT2D eigenvalue weighted by Gasteiger charge is -2.20. The van der Waals surface area contributed by atoms with Crippen molar-refractivity contribution in [2.75, 3.05) is 25.1 Å². The Morgan fingerprint density at radius 1 is 1.17 bits per heavy atom. The van der Waals surface area contributed by atoms with E-state index >= 15 is 0 Å². The molecule has 156 valence electrons. The Balaban J connectivity index is 1.34. The Hall–Kier alpha value is -3.26. The predicted octanol–water partition coefficient (Wildman–Crippen LogP) is 4.13. The number of aromatic nitrogens is 2. The molecule has 1 aromatic heterocycles. The quantitative estimate of drug-likeness (QED) is 0.603. The summed E-state index contributed by atoms with van der Waals surface area (Å²) in [5.41, 5.74) is 1.27. The zero-order valence-electron chi connectivity index (χ0n) is 16.3. The van der Waals surface area contributed by atoms with Crippen LogP contribution in [0.15, 0.2) is 40.9 Å². The second kappa shape index (κ2) is 9.04. The van der Waals surface area contributed by atoms with E-state index in [9.17, 15) is 4.79 Å². The highest BCUT2D eigenvalue weighted by Gasteiger charge is 2.17. The van der Waals surface area contributed by atoms with Crippen LogP contribution in [-0.2, 0) is 11.2 Å². The highest BCUT2D eigenvalue weighted by molar-refractivity contribution is 6.34. The minimum Gasteiger partial charge on any atom is -0.494 e. The lowest BCUT2D eigenvalue weighted by molar-refractivity contribution is -0.116. The van der Waals surface area contributed by atoms with Crippen LogP contribution in [0.3, 0.4) is 0 Å². The van der Waals surface area contributed by atoms with E-state index in [0.29, 0.717) is 60.2 Å². The van der Waals surface area contributed by atoms with Crippen LogP contribution in [0.2, 0.25) is 5.02 Å². The fraction of sp³-hybridized carbons (Fsp3) is 0.286. The van der Waals surface area contributed by atoms with Gasteiger partial charge in [-0.2, -0.15) is 4.98 Å². The molecule has 0 bridgehead atoms. The number of amides is 1. The first-order chi connectivity index (χ1) is 14.6. The van der Waals surface area contributed by atoms with Gasteiger partial charge in [0.25, 0.3) is 0 Å². The fourth-order valence-electron chi connectivity index (χ4n) is 2.93. The molecule has 2 aromatic carbocycles. The molecule has 1 aliphatic rings. The van der Waals surface area contributed by atoms with Crippen LogP contribution in [0.1, 0.15) is 19.2 Å². The largest absolute Gasteiger partial charge is 0.494 e. The van der Waals surface area contributed by atoms with Crippen molar-refractivity contribution in [2.45, 2.75) is 19.8 Å². The summed E-state index contributed by atoms with van der Waals surface area (Å²) in [6.07, 6.45) is 0.466. The van der Waals surface area contributed by atoms with Gasteiger partial charge in [0.15, 0.2) is 11.5 Å². The van der Waals surface area contributed by atoms with Crippen molar-refractivity contribution < 1.29 is 23.5 Å². The summed E-state index contributed by atoms with van der Waals surface area (Å²) >= 11 is 6.22. The molecule has 0 saturated heterocycles. The number of ether oxygens (including phenoxy) is 3. The van der Waals surface area contributed by atoms with Gasteiger partial charge >= 0.3 is 0 Å². The number of halogens is 1. The number of anilines is 1. The van der Waals surface area contributed by atoms with Crippen molar-refractivity contribution in [1.29, 1.82) is 0 Å². The average molecular weight is 430 g/mol. The van der Waals surface area contributed by atoms with Crippen LogP contribution >= 0.6 is 11.6 Å². The second-order valence-electron chi connectivity index (χ2n) is 6.49. The molecule has 1 N–H and O–H groups in total. The second-order valence-corrected chi connectivity index (χ2v) is 6.90. The lowest BCUT2D eigenvalue weighted by atomic mass is 10.2. The molecule has 0 unspecified atom stereocenters. The van der Waals surface area contributed by atoms with Crippen molar-refractivity contribution in [3.05, 3.63) is 47.3 Å². The van der Waals surface area contributed by atoms with Crippen molar-refractivity contribution >= 4 is 23.2 Å². The number of rotatable bonds is 7. The number of fused-ring (bicyclic) bond motifs is 1. The number of hydrogen-bond donors (Lipinski definition) is 1. The third-order valence-electron chi connectivity index (χ3n) is 4.36. The molecule has 4 rings (SSSR count). The van der Waals surface area contributed by atoms with E-state index in [4.69, 9.17) is 30.3 Å². The highest BCUT2D eigenvalue weighted by Crippen LogP contribution is 2.38.